The lowest BCUT2D eigenvalue weighted by molar-refractivity contribution is 0.197. The second-order valence-corrected chi connectivity index (χ2v) is 8.13. The molecule has 0 spiro atoms. The van der Waals surface area contributed by atoms with E-state index in [9.17, 15) is 4.79 Å². The molecule has 0 bridgehead atoms. The number of piperidine rings is 1. The molecule has 1 saturated heterocycles. The van der Waals surface area contributed by atoms with E-state index in [4.69, 9.17) is 21.1 Å². The van der Waals surface area contributed by atoms with Crippen LogP contribution in [0.3, 0.4) is 0 Å². The Bertz CT molecular complexity index is 1140. The Balaban J connectivity index is 1.37. The van der Waals surface area contributed by atoms with Gasteiger partial charge in [-0.3, -0.25) is 5.32 Å². The van der Waals surface area contributed by atoms with Gasteiger partial charge in [0.15, 0.2) is 5.82 Å². The molecule has 9 heteroatoms. The Kier molecular flexibility index (Phi) is 7.04. The molecule has 1 aromatic carbocycles. The van der Waals surface area contributed by atoms with Crippen molar-refractivity contribution in [2.75, 3.05) is 25.5 Å². The van der Waals surface area contributed by atoms with E-state index >= 15 is 0 Å². The number of halogens is 1. The lowest BCUT2D eigenvalue weighted by Crippen LogP contribution is -2.42. The van der Waals surface area contributed by atoms with Crippen molar-refractivity contribution in [1.29, 1.82) is 0 Å². The molecule has 2 amide bonds. The first-order valence-electron chi connectivity index (χ1n) is 10.5. The van der Waals surface area contributed by atoms with Crippen molar-refractivity contribution in [1.82, 2.24) is 20.1 Å². The van der Waals surface area contributed by atoms with Gasteiger partial charge in [-0.05, 0) is 42.2 Å². The Hall–Kier alpha value is -3.65. The summed E-state index contributed by atoms with van der Waals surface area (Å²) < 4.78 is 10.8. The van der Waals surface area contributed by atoms with Gasteiger partial charge in [-0.1, -0.05) is 42.3 Å². The normalized spacial score (nSPS) is 17.0. The Labute approximate surface area is 197 Å². The summed E-state index contributed by atoms with van der Waals surface area (Å²) in [6, 6.07) is 14.4. The number of ether oxygens (including phenoxy) is 2. The van der Waals surface area contributed by atoms with Crippen molar-refractivity contribution < 1.29 is 14.3 Å². The first kappa shape index (κ1) is 22.5. The number of methoxy groups -OCH3 is 1. The molecule has 0 radical (unpaired) electrons. The van der Waals surface area contributed by atoms with Crippen molar-refractivity contribution in [2.24, 2.45) is 5.92 Å². The van der Waals surface area contributed by atoms with E-state index < -0.39 is 0 Å². The number of nitrogens with zero attached hydrogens (tertiary/aromatic N) is 4. The summed E-state index contributed by atoms with van der Waals surface area (Å²) in [4.78, 5) is 18.6. The molecule has 1 unspecified atom stereocenters. The minimum Gasteiger partial charge on any atom is -0.480 e. The van der Waals surface area contributed by atoms with E-state index in [1.54, 1.807) is 35.4 Å². The number of likely N-dealkylation sites (tertiary alicyclic amines) is 1. The maximum absolute atomic E-state index is 12.6. The summed E-state index contributed by atoms with van der Waals surface area (Å²) in [5, 5.41) is 11.2. The van der Waals surface area contributed by atoms with Crippen LogP contribution in [0.1, 0.15) is 18.9 Å². The van der Waals surface area contributed by atoms with Crippen LogP contribution in [0, 0.1) is 5.92 Å². The SMILES string of the molecule is COc1ccc(NC(=O)N2CCC(=Cc3cccc(Oc4ccc(Cl)cn4)c3)C(C)C2)nn1. The number of nitrogens with one attached hydrogen (secondary N) is 1. The lowest BCUT2D eigenvalue weighted by Gasteiger charge is -2.33. The number of carbonyl (C=O) groups excluding carboxylic acids is 1. The van der Waals surface area contributed by atoms with Gasteiger partial charge in [0.2, 0.25) is 11.8 Å². The standard InChI is InChI=1S/C24H24ClN5O3/c1-16-15-30(24(31)27-21-7-9-23(32-2)29-28-21)11-10-18(16)12-17-4-3-5-20(13-17)33-22-8-6-19(25)14-26-22/h3-9,12-14,16H,10-11,15H2,1-2H3,(H,27,28,31). The van der Waals surface area contributed by atoms with Gasteiger partial charge in [0.25, 0.3) is 0 Å². The fourth-order valence-corrected chi connectivity index (χ4v) is 3.67. The predicted molar refractivity (Wildman–Crippen MR) is 127 cm³/mol. The fourth-order valence-electron chi connectivity index (χ4n) is 3.56. The van der Waals surface area contributed by atoms with Gasteiger partial charge in [-0.25, -0.2) is 9.78 Å². The maximum Gasteiger partial charge on any atom is 0.323 e. The average molecular weight is 466 g/mol. The molecule has 1 aliphatic heterocycles. The molecule has 1 atom stereocenters. The molecule has 1 fully saturated rings. The molecule has 0 saturated carbocycles. The fraction of sp³-hybridized carbons (Fsp3) is 0.250. The van der Waals surface area contributed by atoms with Gasteiger partial charge >= 0.3 is 6.03 Å². The lowest BCUT2D eigenvalue weighted by atomic mass is 9.91. The average Bonchev–Trinajstić information content (AvgIpc) is 2.82. The zero-order valence-electron chi connectivity index (χ0n) is 18.4. The minimum atomic E-state index is -0.189. The first-order valence-corrected chi connectivity index (χ1v) is 10.9. The molecular weight excluding hydrogens is 442 g/mol. The van der Waals surface area contributed by atoms with E-state index in [0.29, 0.717) is 41.4 Å². The molecule has 8 nitrogen and oxygen atoms in total. The number of rotatable bonds is 5. The zero-order chi connectivity index (χ0) is 23.2. The molecule has 1 N–H and O–H groups in total. The second kappa shape index (κ2) is 10.3. The molecule has 33 heavy (non-hydrogen) atoms. The third-order valence-electron chi connectivity index (χ3n) is 5.30. The molecule has 0 aliphatic carbocycles. The van der Waals surface area contributed by atoms with Gasteiger partial charge in [0.05, 0.1) is 12.1 Å². The number of pyridine rings is 1. The van der Waals surface area contributed by atoms with Crippen LogP contribution in [0.15, 0.2) is 60.3 Å². The number of carbonyl (C=O) groups is 1. The number of hydrogen-bond donors (Lipinski definition) is 1. The Morgan fingerprint density at radius 1 is 1.18 bits per heavy atom. The molecule has 1 aliphatic rings. The third kappa shape index (κ3) is 5.98. The summed E-state index contributed by atoms with van der Waals surface area (Å²) in [5.41, 5.74) is 2.32. The summed E-state index contributed by atoms with van der Waals surface area (Å²) in [6.07, 6.45) is 4.50. The largest absolute Gasteiger partial charge is 0.480 e. The van der Waals surface area contributed by atoms with Crippen LogP contribution in [0.4, 0.5) is 10.6 Å². The maximum atomic E-state index is 12.6. The Morgan fingerprint density at radius 2 is 2.03 bits per heavy atom. The number of benzene rings is 1. The van der Waals surface area contributed by atoms with Gasteiger partial charge in [0.1, 0.15) is 5.75 Å². The van der Waals surface area contributed by atoms with Crippen molar-refractivity contribution in [3.8, 4) is 17.5 Å². The highest BCUT2D eigenvalue weighted by Gasteiger charge is 2.24. The molecular formula is C24H24ClN5O3. The van der Waals surface area contributed by atoms with Crippen molar-refractivity contribution in [3.63, 3.8) is 0 Å². The van der Waals surface area contributed by atoms with Crippen LogP contribution in [0.2, 0.25) is 5.02 Å². The predicted octanol–water partition coefficient (Wildman–Crippen LogP) is 5.28. The van der Waals surface area contributed by atoms with E-state index in [0.717, 1.165) is 12.0 Å². The number of anilines is 1. The summed E-state index contributed by atoms with van der Waals surface area (Å²) in [6.45, 7) is 3.36. The van der Waals surface area contributed by atoms with Gasteiger partial charge in [-0.2, -0.15) is 0 Å². The summed E-state index contributed by atoms with van der Waals surface area (Å²) in [7, 11) is 1.52. The van der Waals surface area contributed by atoms with Crippen LogP contribution in [-0.2, 0) is 0 Å². The van der Waals surface area contributed by atoms with E-state index in [2.05, 4.69) is 33.5 Å². The molecule has 3 heterocycles. The van der Waals surface area contributed by atoms with Crippen LogP contribution < -0.4 is 14.8 Å². The molecule has 4 rings (SSSR count). The molecule has 2 aromatic heterocycles. The second-order valence-electron chi connectivity index (χ2n) is 7.70. The highest BCUT2D eigenvalue weighted by Crippen LogP contribution is 2.27. The van der Waals surface area contributed by atoms with Gasteiger partial charge < -0.3 is 14.4 Å². The van der Waals surface area contributed by atoms with Crippen LogP contribution in [-0.4, -0.2) is 46.3 Å². The first-order chi connectivity index (χ1) is 16.0. The zero-order valence-corrected chi connectivity index (χ0v) is 19.1. The molecule has 170 valence electrons. The van der Waals surface area contributed by atoms with Gasteiger partial charge in [0, 0.05) is 31.4 Å². The van der Waals surface area contributed by atoms with Crippen LogP contribution in [0.25, 0.3) is 6.08 Å². The minimum absolute atomic E-state index is 0.189. The Morgan fingerprint density at radius 3 is 2.73 bits per heavy atom. The van der Waals surface area contributed by atoms with E-state index in [-0.39, 0.29) is 11.9 Å². The summed E-state index contributed by atoms with van der Waals surface area (Å²) >= 11 is 5.88. The van der Waals surface area contributed by atoms with E-state index in [1.165, 1.54) is 12.7 Å². The highest BCUT2D eigenvalue weighted by atomic mass is 35.5. The number of hydrogen-bond acceptors (Lipinski definition) is 6. The summed E-state index contributed by atoms with van der Waals surface area (Å²) in [5.74, 6) is 2.19. The number of urea groups is 1. The van der Waals surface area contributed by atoms with E-state index in [1.807, 2.05) is 24.3 Å². The number of aromatic nitrogens is 3. The molecule has 3 aromatic rings. The van der Waals surface area contributed by atoms with Crippen LogP contribution in [0.5, 0.6) is 17.5 Å². The quantitative estimate of drug-likeness (QED) is 0.551. The monoisotopic (exact) mass is 465 g/mol. The van der Waals surface area contributed by atoms with Crippen molar-refractivity contribution in [2.45, 2.75) is 13.3 Å². The highest BCUT2D eigenvalue weighted by molar-refractivity contribution is 6.30. The number of amides is 2. The smallest absolute Gasteiger partial charge is 0.323 e. The third-order valence-corrected chi connectivity index (χ3v) is 5.53. The topological polar surface area (TPSA) is 89.5 Å². The van der Waals surface area contributed by atoms with Crippen molar-refractivity contribution >= 4 is 29.5 Å². The van der Waals surface area contributed by atoms with Gasteiger partial charge in [-0.15, -0.1) is 10.2 Å². The van der Waals surface area contributed by atoms with Crippen molar-refractivity contribution in [3.05, 3.63) is 70.9 Å². The van der Waals surface area contributed by atoms with Crippen LogP contribution >= 0.6 is 11.6 Å².